The maximum atomic E-state index is 11.5. The molecule has 0 aliphatic rings. The number of ether oxygens (including phenoxy) is 1. The molecule has 0 aliphatic carbocycles. The molecule has 0 heterocycles. The fraction of sp³-hybridized carbons (Fsp3) is 0.788. The van der Waals surface area contributed by atoms with Crippen LogP contribution in [0.15, 0.2) is 0 Å². The first-order chi connectivity index (χ1) is 29.4. The number of aliphatic hydroxyl groups is 1. The number of hydrogen-bond donors (Lipinski definition) is 1. The molecular weight excluding hydrogens is 949 g/mol. The van der Waals surface area contributed by atoms with E-state index in [1.807, 2.05) is 41.4 Å². The normalized spacial score (nSPS) is 11.8. The van der Waals surface area contributed by atoms with Crippen LogP contribution in [0.25, 0.3) is 0 Å². The highest BCUT2D eigenvalue weighted by molar-refractivity contribution is 6.86. The summed E-state index contributed by atoms with van der Waals surface area (Å²) in [6, 6.07) is 0. The second-order valence-electron chi connectivity index (χ2n) is 12.3. The Morgan fingerprint density at radius 1 is 0.476 bits per heavy atom. The lowest BCUT2D eigenvalue weighted by atomic mass is 10.9. The van der Waals surface area contributed by atoms with Crippen molar-refractivity contribution >= 4 is 95.2 Å². The van der Waals surface area contributed by atoms with Gasteiger partial charge in [-0.15, -0.1) is 0 Å². The summed E-state index contributed by atoms with van der Waals surface area (Å²) in [7, 11) is -11.6. The first-order valence-corrected chi connectivity index (χ1v) is 32.1. The summed E-state index contributed by atoms with van der Waals surface area (Å²) in [4.78, 5) is 76.2. The molecular formula is C33H72O24Si6. The third-order valence-electron chi connectivity index (χ3n) is 7.35. The minimum atomic E-state index is -4.54. The fourth-order valence-corrected chi connectivity index (χ4v) is 27.8. The molecule has 0 aromatic carbocycles. The van der Waals surface area contributed by atoms with Gasteiger partial charge in [0.05, 0.1) is 17.6 Å². The molecule has 0 spiro atoms. The van der Waals surface area contributed by atoms with Crippen molar-refractivity contribution in [3.05, 3.63) is 0 Å². The SMILES string of the molecule is C=O.CC(=O)O[Si](COC=O)(C[Si](OC(C)=O)(OC(C)=O)OC(C)=O)OC(C)=O.CCO[Si](C)(C[Si](OCC)(OCC)OCC)OCC.CO[Si](CO)(C[Si](OC)(OC)OC)OC. The molecule has 30 heteroatoms. The molecule has 0 aliphatic heterocycles. The first kappa shape index (κ1) is 66.9. The maximum absolute atomic E-state index is 11.5. The van der Waals surface area contributed by atoms with Gasteiger partial charge < -0.3 is 81.0 Å². The Hall–Kier alpha value is -2.65. The average Bonchev–Trinajstić information content (AvgIpc) is 3.18. The molecule has 0 bridgehead atoms. The fourth-order valence-electron chi connectivity index (χ4n) is 5.34. The minimum absolute atomic E-state index is 0.00146. The van der Waals surface area contributed by atoms with E-state index in [-0.39, 0.29) is 12.7 Å². The molecule has 0 rings (SSSR count). The van der Waals surface area contributed by atoms with Crippen molar-refractivity contribution in [2.75, 3.05) is 81.0 Å². The summed E-state index contributed by atoms with van der Waals surface area (Å²) in [6.45, 7) is 21.7. The number of rotatable bonds is 30. The summed E-state index contributed by atoms with van der Waals surface area (Å²) < 4.78 is 85.3. The molecule has 372 valence electrons. The van der Waals surface area contributed by atoms with Crippen molar-refractivity contribution in [2.24, 2.45) is 0 Å². The first-order valence-electron chi connectivity index (χ1n) is 19.3. The number of carbonyl (C=O) groups excluding carboxylic acids is 7. The summed E-state index contributed by atoms with van der Waals surface area (Å²) >= 11 is 0. The largest absolute Gasteiger partial charge is 0.709 e. The Bertz CT molecular complexity index is 1190. The minimum Gasteiger partial charge on any atom is -0.483 e. The summed E-state index contributed by atoms with van der Waals surface area (Å²) in [5, 5.41) is 9.29. The van der Waals surface area contributed by atoms with E-state index in [2.05, 4.69) is 11.3 Å². The smallest absolute Gasteiger partial charge is 0.483 e. The van der Waals surface area contributed by atoms with Crippen molar-refractivity contribution in [3.8, 4) is 0 Å². The van der Waals surface area contributed by atoms with Crippen molar-refractivity contribution in [1.82, 2.24) is 0 Å². The van der Waals surface area contributed by atoms with Gasteiger partial charge in [0.2, 0.25) is 0 Å². The van der Waals surface area contributed by atoms with E-state index in [1.54, 1.807) is 0 Å². The lowest BCUT2D eigenvalue weighted by molar-refractivity contribution is -0.147. The van der Waals surface area contributed by atoms with Crippen molar-refractivity contribution in [2.45, 2.75) is 92.8 Å². The molecule has 0 saturated carbocycles. The Kier molecular flexibility index (Phi) is 37.8. The van der Waals surface area contributed by atoms with Gasteiger partial charge in [0, 0.05) is 103 Å². The molecule has 0 unspecified atom stereocenters. The molecule has 0 radical (unpaired) electrons. The quantitative estimate of drug-likeness (QED) is 0.0790. The van der Waals surface area contributed by atoms with Gasteiger partial charge in [-0.25, -0.2) is 0 Å². The molecule has 0 atom stereocenters. The molecule has 1 N–H and O–H groups in total. The highest BCUT2D eigenvalue weighted by Crippen LogP contribution is 2.28. The molecule has 0 amide bonds. The van der Waals surface area contributed by atoms with Gasteiger partial charge in [-0.3, -0.25) is 28.8 Å². The zero-order valence-corrected chi connectivity index (χ0v) is 45.7. The van der Waals surface area contributed by atoms with Crippen LogP contribution in [0.2, 0.25) is 23.5 Å². The van der Waals surface area contributed by atoms with Crippen LogP contribution >= 0.6 is 0 Å². The standard InChI is InChI=1S/C13H20O12Si2.C12H30O5Si2.C7H20O6Si2.CH2O/c1-9(15)21-26(7-20-6-14,22-10(2)16)8-27(23-11(3)17,24-12(4)18)25-13(5)19;1-7-13-18(6,14-8-2)12-19(15-9-3,16-10-4)17-11-5;1-9-14(6-8,10-2)7-15(11-3,12-4)13-5;1-2/h6H,7-8H2,1-5H3;7-12H2,1-6H3;8H,6-7H2,1-5H3;1H2. The Labute approximate surface area is 377 Å². The van der Waals surface area contributed by atoms with Gasteiger partial charge in [-0.05, 0) is 41.2 Å². The van der Waals surface area contributed by atoms with Crippen LogP contribution in [0.5, 0.6) is 0 Å². The summed E-state index contributed by atoms with van der Waals surface area (Å²) in [6.07, 6.45) is -0.876. The molecule has 63 heavy (non-hydrogen) atoms. The van der Waals surface area contributed by atoms with E-state index in [0.717, 1.165) is 34.6 Å². The van der Waals surface area contributed by atoms with E-state index in [9.17, 15) is 33.9 Å². The van der Waals surface area contributed by atoms with Gasteiger partial charge in [0.25, 0.3) is 36.3 Å². The van der Waals surface area contributed by atoms with Crippen molar-refractivity contribution < 1.29 is 110 Å². The summed E-state index contributed by atoms with van der Waals surface area (Å²) in [5.74, 6) is -4.78. The lowest BCUT2D eigenvalue weighted by Crippen LogP contribution is -2.61. The number of hydrogen-bond acceptors (Lipinski definition) is 24. The van der Waals surface area contributed by atoms with E-state index in [1.165, 1.54) is 35.5 Å². The highest BCUT2D eigenvalue weighted by atomic mass is 28.4. The van der Waals surface area contributed by atoms with E-state index in [4.69, 9.17) is 71.2 Å². The second-order valence-corrected chi connectivity index (χ2v) is 31.6. The van der Waals surface area contributed by atoms with Gasteiger partial charge >= 0.3 is 52.1 Å². The third kappa shape index (κ3) is 28.1. The molecule has 0 fully saturated rings. The average molecular weight is 1020 g/mol. The van der Waals surface area contributed by atoms with Crippen molar-refractivity contribution in [1.29, 1.82) is 0 Å². The van der Waals surface area contributed by atoms with Crippen LogP contribution in [0.4, 0.5) is 0 Å². The zero-order valence-electron chi connectivity index (χ0n) is 39.7. The van der Waals surface area contributed by atoms with E-state index in [0.29, 0.717) is 44.4 Å². The van der Waals surface area contributed by atoms with Crippen LogP contribution in [-0.4, -0.2) is 181 Å². The summed E-state index contributed by atoms with van der Waals surface area (Å²) in [5.41, 5.74) is 0.232. The highest BCUT2D eigenvalue weighted by Gasteiger charge is 2.65. The third-order valence-corrected chi connectivity index (χ3v) is 31.0. The monoisotopic (exact) mass is 1020 g/mol. The predicted molar refractivity (Wildman–Crippen MR) is 233 cm³/mol. The Morgan fingerprint density at radius 3 is 1.03 bits per heavy atom. The van der Waals surface area contributed by atoms with Gasteiger partial charge in [-0.2, -0.15) is 0 Å². The zero-order chi connectivity index (χ0) is 50.0. The Morgan fingerprint density at radius 2 is 0.794 bits per heavy atom. The van der Waals surface area contributed by atoms with Gasteiger partial charge in [-0.1, -0.05) is 0 Å². The molecule has 0 aromatic heterocycles. The van der Waals surface area contributed by atoms with Crippen LogP contribution < -0.4 is 0 Å². The van der Waals surface area contributed by atoms with Crippen LogP contribution in [0.1, 0.15) is 69.2 Å². The van der Waals surface area contributed by atoms with Gasteiger partial charge in [0.1, 0.15) is 12.5 Å². The number of carbonyl (C=O) groups is 7. The van der Waals surface area contributed by atoms with Crippen molar-refractivity contribution in [3.63, 3.8) is 0 Å². The Balaban J connectivity index is -0.000000425. The second kappa shape index (κ2) is 35.6. The molecule has 0 saturated heterocycles. The van der Waals surface area contributed by atoms with Crippen LogP contribution in [0.3, 0.4) is 0 Å². The van der Waals surface area contributed by atoms with Crippen LogP contribution in [-0.2, 0) is 105 Å². The van der Waals surface area contributed by atoms with E-state index >= 15 is 0 Å². The van der Waals surface area contributed by atoms with Gasteiger partial charge in [0.15, 0.2) is 6.23 Å². The lowest BCUT2D eigenvalue weighted by Gasteiger charge is -2.35. The maximum Gasteiger partial charge on any atom is 0.709 e. The topological polar surface area (TPSA) is 287 Å². The predicted octanol–water partition coefficient (Wildman–Crippen LogP) is 1.64. The number of aliphatic hydroxyl groups excluding tert-OH is 1. The van der Waals surface area contributed by atoms with E-state index < -0.39 is 93.8 Å². The molecule has 24 nitrogen and oxygen atoms in total. The van der Waals surface area contributed by atoms with Crippen LogP contribution in [0, 0.1) is 0 Å². The molecule has 0 aromatic rings.